The summed E-state index contributed by atoms with van der Waals surface area (Å²) in [5, 5.41) is 1.25. The SMILES string of the molecule is c1ccc(-c2cc(-c3ccccc3)nc(-c3ccc(-n4c5c(c6ccccc64)-c4ccccc4Sc4ccccc4-5)cc3)n2)cc1. The molecule has 0 saturated carbocycles. The lowest BCUT2D eigenvalue weighted by molar-refractivity contribution is 1.12. The van der Waals surface area contributed by atoms with Crippen LogP contribution in [0.3, 0.4) is 0 Å². The Balaban J connectivity index is 1.24. The van der Waals surface area contributed by atoms with Crippen molar-refractivity contribution >= 4 is 22.7 Å². The number of aromatic nitrogens is 3. The Labute approximate surface area is 271 Å². The van der Waals surface area contributed by atoms with Crippen molar-refractivity contribution in [3.8, 4) is 62.0 Å². The molecule has 3 heterocycles. The van der Waals surface area contributed by atoms with Crippen LogP contribution >= 0.6 is 11.8 Å². The van der Waals surface area contributed by atoms with Gasteiger partial charge >= 0.3 is 0 Å². The van der Waals surface area contributed by atoms with E-state index in [2.05, 4.69) is 132 Å². The first-order valence-corrected chi connectivity index (χ1v) is 16.2. The molecule has 6 aromatic carbocycles. The van der Waals surface area contributed by atoms with Crippen LogP contribution in [0.4, 0.5) is 0 Å². The average molecular weight is 606 g/mol. The van der Waals surface area contributed by atoms with Crippen LogP contribution in [-0.2, 0) is 0 Å². The van der Waals surface area contributed by atoms with Gasteiger partial charge in [-0.1, -0.05) is 127 Å². The molecule has 46 heavy (non-hydrogen) atoms. The molecule has 1 aliphatic rings. The van der Waals surface area contributed by atoms with Crippen molar-refractivity contribution in [1.29, 1.82) is 0 Å². The van der Waals surface area contributed by atoms with Gasteiger partial charge in [0.1, 0.15) is 0 Å². The molecule has 216 valence electrons. The summed E-state index contributed by atoms with van der Waals surface area (Å²) in [6.45, 7) is 0. The van der Waals surface area contributed by atoms with Crippen molar-refractivity contribution in [3.05, 3.63) is 164 Å². The summed E-state index contributed by atoms with van der Waals surface area (Å²) in [6, 6.07) is 57.7. The van der Waals surface area contributed by atoms with Gasteiger partial charge in [-0.3, -0.25) is 0 Å². The molecule has 9 rings (SSSR count). The summed E-state index contributed by atoms with van der Waals surface area (Å²) in [7, 11) is 0. The van der Waals surface area contributed by atoms with Crippen LogP contribution in [0.15, 0.2) is 174 Å². The van der Waals surface area contributed by atoms with E-state index in [9.17, 15) is 0 Å². The Morgan fingerprint density at radius 1 is 0.457 bits per heavy atom. The van der Waals surface area contributed by atoms with Gasteiger partial charge < -0.3 is 4.57 Å². The van der Waals surface area contributed by atoms with Gasteiger partial charge in [0.2, 0.25) is 0 Å². The Kier molecular flexibility index (Phi) is 6.39. The summed E-state index contributed by atoms with van der Waals surface area (Å²) in [5.41, 5.74) is 12.2. The number of nitrogens with zero attached hydrogens (tertiary/aromatic N) is 3. The molecule has 0 aliphatic carbocycles. The quantitative estimate of drug-likeness (QED) is 0.200. The molecule has 1 aliphatic heterocycles. The number of hydrogen-bond donors (Lipinski definition) is 0. The normalized spacial score (nSPS) is 11.8. The minimum absolute atomic E-state index is 0.707. The Hall–Kier alpha value is -5.71. The van der Waals surface area contributed by atoms with Crippen LogP contribution in [0.1, 0.15) is 0 Å². The van der Waals surface area contributed by atoms with Crippen molar-refractivity contribution < 1.29 is 0 Å². The highest BCUT2D eigenvalue weighted by Crippen LogP contribution is 2.52. The lowest BCUT2D eigenvalue weighted by Gasteiger charge is -2.14. The van der Waals surface area contributed by atoms with Gasteiger partial charge in [0.05, 0.1) is 22.6 Å². The summed E-state index contributed by atoms with van der Waals surface area (Å²) < 4.78 is 2.42. The molecule has 0 amide bonds. The average Bonchev–Trinajstić information content (AvgIpc) is 3.40. The Bertz CT molecular complexity index is 2320. The molecule has 0 atom stereocenters. The Morgan fingerprint density at radius 2 is 1.00 bits per heavy atom. The maximum atomic E-state index is 5.06. The summed E-state index contributed by atoms with van der Waals surface area (Å²) in [5.74, 6) is 0.707. The summed E-state index contributed by atoms with van der Waals surface area (Å²) in [6.07, 6.45) is 0. The van der Waals surface area contributed by atoms with Gasteiger partial charge in [-0.25, -0.2) is 9.97 Å². The molecule has 0 saturated heterocycles. The molecular weight excluding hydrogens is 579 g/mol. The molecule has 0 N–H and O–H groups in total. The fraction of sp³-hybridized carbons (Fsp3) is 0. The van der Waals surface area contributed by atoms with Crippen molar-refractivity contribution in [3.63, 3.8) is 0 Å². The van der Waals surface area contributed by atoms with Crippen LogP contribution in [0.5, 0.6) is 0 Å². The first kappa shape index (κ1) is 26.7. The monoisotopic (exact) mass is 605 g/mol. The fourth-order valence-corrected chi connectivity index (χ4v) is 7.60. The third kappa shape index (κ3) is 4.46. The molecule has 2 aromatic heterocycles. The summed E-state index contributed by atoms with van der Waals surface area (Å²) >= 11 is 1.85. The van der Waals surface area contributed by atoms with Crippen LogP contribution in [0.25, 0.3) is 72.9 Å². The maximum Gasteiger partial charge on any atom is 0.160 e. The van der Waals surface area contributed by atoms with Crippen molar-refractivity contribution in [2.24, 2.45) is 0 Å². The highest BCUT2D eigenvalue weighted by Gasteiger charge is 2.27. The first-order chi connectivity index (χ1) is 22.8. The van der Waals surface area contributed by atoms with Gasteiger partial charge in [-0.2, -0.15) is 0 Å². The lowest BCUT2D eigenvalue weighted by Crippen LogP contribution is -1.99. The largest absolute Gasteiger partial charge is 0.309 e. The van der Waals surface area contributed by atoms with Gasteiger partial charge in [-0.05, 0) is 54.1 Å². The molecule has 0 radical (unpaired) electrons. The summed E-state index contributed by atoms with van der Waals surface area (Å²) in [4.78, 5) is 12.6. The molecule has 8 aromatic rings. The second-order valence-corrected chi connectivity index (χ2v) is 12.5. The predicted octanol–water partition coefficient (Wildman–Crippen LogP) is 11.2. The standard InChI is InChI=1S/C42H27N3S/c1-3-13-28(14-4-1)35-27-36(29-15-5-2-6-16-29)44-42(43-35)30-23-25-31(26-24-30)45-37-20-10-7-17-32(37)40-33-18-8-11-21-38(33)46-39-22-12-9-19-34(39)41(40)45/h1-27H. The molecule has 0 bridgehead atoms. The van der Waals surface area contributed by atoms with E-state index in [1.165, 1.54) is 43.1 Å². The topological polar surface area (TPSA) is 30.7 Å². The number of benzene rings is 6. The van der Waals surface area contributed by atoms with E-state index < -0.39 is 0 Å². The highest BCUT2D eigenvalue weighted by molar-refractivity contribution is 7.99. The zero-order valence-electron chi connectivity index (χ0n) is 24.8. The van der Waals surface area contributed by atoms with Crippen molar-refractivity contribution in [1.82, 2.24) is 14.5 Å². The number of rotatable bonds is 4. The minimum Gasteiger partial charge on any atom is -0.309 e. The zero-order chi connectivity index (χ0) is 30.5. The molecule has 4 heteroatoms. The van der Waals surface area contributed by atoms with Gasteiger partial charge in [-0.15, -0.1) is 0 Å². The Morgan fingerprint density at radius 3 is 1.67 bits per heavy atom. The van der Waals surface area contributed by atoms with Crippen LogP contribution in [-0.4, -0.2) is 14.5 Å². The van der Waals surface area contributed by atoms with E-state index in [4.69, 9.17) is 9.97 Å². The third-order valence-corrected chi connectivity index (χ3v) is 9.79. The second kappa shape index (κ2) is 11.0. The smallest absolute Gasteiger partial charge is 0.160 e. The van der Waals surface area contributed by atoms with E-state index in [1.807, 2.05) is 48.2 Å². The second-order valence-electron chi connectivity index (χ2n) is 11.4. The third-order valence-electron chi connectivity index (χ3n) is 8.64. The van der Waals surface area contributed by atoms with Gasteiger partial charge in [0, 0.05) is 48.7 Å². The molecule has 0 spiro atoms. The number of fused-ring (bicyclic) bond motifs is 7. The molecular formula is C42H27N3S. The molecule has 0 fully saturated rings. The van der Waals surface area contributed by atoms with Crippen molar-refractivity contribution in [2.45, 2.75) is 9.79 Å². The zero-order valence-corrected chi connectivity index (χ0v) is 25.7. The fourth-order valence-electron chi connectivity index (χ4n) is 6.52. The van der Waals surface area contributed by atoms with Crippen LogP contribution in [0, 0.1) is 0 Å². The molecule has 0 unspecified atom stereocenters. The van der Waals surface area contributed by atoms with E-state index in [-0.39, 0.29) is 0 Å². The van der Waals surface area contributed by atoms with E-state index in [0.29, 0.717) is 5.82 Å². The van der Waals surface area contributed by atoms with E-state index in [1.54, 1.807) is 0 Å². The van der Waals surface area contributed by atoms with Crippen molar-refractivity contribution in [2.75, 3.05) is 0 Å². The predicted molar refractivity (Wildman–Crippen MR) is 190 cm³/mol. The van der Waals surface area contributed by atoms with Crippen LogP contribution in [0.2, 0.25) is 0 Å². The first-order valence-electron chi connectivity index (χ1n) is 15.4. The van der Waals surface area contributed by atoms with Gasteiger partial charge in [0.25, 0.3) is 0 Å². The minimum atomic E-state index is 0.707. The van der Waals surface area contributed by atoms with Crippen LogP contribution < -0.4 is 0 Å². The maximum absolute atomic E-state index is 5.06. The lowest BCUT2D eigenvalue weighted by atomic mass is 9.98. The van der Waals surface area contributed by atoms with Gasteiger partial charge in [0.15, 0.2) is 5.82 Å². The highest BCUT2D eigenvalue weighted by atomic mass is 32.2. The number of para-hydroxylation sites is 1. The molecule has 3 nitrogen and oxygen atoms in total. The number of hydrogen-bond acceptors (Lipinski definition) is 3. The van der Waals surface area contributed by atoms with E-state index >= 15 is 0 Å². The van der Waals surface area contributed by atoms with E-state index in [0.717, 1.165) is 33.8 Å².